The van der Waals surface area contributed by atoms with Crippen LogP contribution in [-0.2, 0) is 11.3 Å². The lowest BCUT2D eigenvalue weighted by Gasteiger charge is -2.27. The first kappa shape index (κ1) is 17.9. The van der Waals surface area contributed by atoms with Gasteiger partial charge < -0.3 is 20.5 Å². The molecule has 3 atom stereocenters. The van der Waals surface area contributed by atoms with E-state index in [9.17, 15) is 0 Å². The van der Waals surface area contributed by atoms with Crippen molar-refractivity contribution in [2.45, 2.75) is 38.5 Å². The largest absolute Gasteiger partial charge is 0.493 e. The Kier molecular flexibility index (Phi) is 5.29. The molecule has 0 amide bonds. The fourth-order valence-electron chi connectivity index (χ4n) is 3.93. The van der Waals surface area contributed by atoms with E-state index in [0.717, 1.165) is 43.0 Å². The fraction of sp³-hybridized carbons (Fsp3) is 0.500. The first-order valence-electron chi connectivity index (χ1n) is 9.67. The molecule has 2 aromatic rings. The number of hydrogen-bond donors (Lipinski definition) is 2. The lowest BCUT2D eigenvalue weighted by atomic mass is 9.99. The van der Waals surface area contributed by atoms with E-state index in [2.05, 4.69) is 28.4 Å². The molecule has 3 heterocycles. The number of rotatable bonds is 5. The molecule has 7 nitrogen and oxygen atoms in total. The summed E-state index contributed by atoms with van der Waals surface area (Å²) in [4.78, 5) is 4.62. The maximum Gasteiger partial charge on any atom is 0.189 e. The maximum absolute atomic E-state index is 6.20. The van der Waals surface area contributed by atoms with Gasteiger partial charge in [0.05, 0.1) is 18.3 Å². The minimum atomic E-state index is 0.0350. The number of nitrogens with one attached hydrogen (secondary N) is 1. The molecule has 2 aliphatic heterocycles. The number of para-hydroxylation sites is 1. The predicted molar refractivity (Wildman–Crippen MR) is 104 cm³/mol. The highest BCUT2D eigenvalue weighted by Crippen LogP contribution is 2.35. The first-order chi connectivity index (χ1) is 13.3. The average Bonchev–Trinajstić information content (AvgIpc) is 3.35. The Morgan fingerprint density at radius 1 is 1.30 bits per heavy atom. The van der Waals surface area contributed by atoms with Gasteiger partial charge in [-0.1, -0.05) is 18.2 Å². The van der Waals surface area contributed by atoms with Crippen molar-refractivity contribution >= 4 is 5.96 Å². The van der Waals surface area contributed by atoms with Crippen LogP contribution in [0, 0.1) is 5.92 Å². The molecule has 0 radical (unpaired) electrons. The van der Waals surface area contributed by atoms with Crippen molar-refractivity contribution in [3.8, 4) is 5.75 Å². The molecule has 0 spiro atoms. The third-order valence-electron chi connectivity index (χ3n) is 5.33. The van der Waals surface area contributed by atoms with E-state index in [1.165, 1.54) is 0 Å². The molecule has 0 saturated carbocycles. The van der Waals surface area contributed by atoms with E-state index >= 15 is 0 Å². The summed E-state index contributed by atoms with van der Waals surface area (Å²) >= 11 is 0. The summed E-state index contributed by atoms with van der Waals surface area (Å²) in [5.41, 5.74) is 8.46. The van der Waals surface area contributed by atoms with Gasteiger partial charge in [-0.2, -0.15) is 5.10 Å². The van der Waals surface area contributed by atoms with Crippen LogP contribution in [0.2, 0.25) is 0 Å². The number of aryl methyl sites for hydroxylation is 1. The van der Waals surface area contributed by atoms with Crippen molar-refractivity contribution in [1.82, 2.24) is 15.1 Å². The molecule has 1 saturated heterocycles. The molecule has 0 bridgehead atoms. The summed E-state index contributed by atoms with van der Waals surface area (Å²) in [7, 11) is 0. The van der Waals surface area contributed by atoms with Gasteiger partial charge in [-0.15, -0.1) is 0 Å². The molecular weight excluding hydrogens is 342 g/mol. The summed E-state index contributed by atoms with van der Waals surface area (Å²) in [6, 6.07) is 10.2. The number of benzene rings is 1. The SMILES string of the molecule is CCn1nccc1[C@@H]1OCC[C@H]1CN=C(N)NC1CCOc2ccccc21. The minimum absolute atomic E-state index is 0.0350. The quantitative estimate of drug-likeness (QED) is 0.624. The van der Waals surface area contributed by atoms with Crippen molar-refractivity contribution < 1.29 is 9.47 Å². The van der Waals surface area contributed by atoms with Crippen LogP contribution >= 0.6 is 0 Å². The first-order valence-corrected chi connectivity index (χ1v) is 9.67. The molecule has 3 N–H and O–H groups in total. The van der Waals surface area contributed by atoms with Crippen molar-refractivity contribution in [3.05, 3.63) is 47.8 Å². The predicted octanol–water partition coefficient (Wildman–Crippen LogP) is 2.41. The van der Waals surface area contributed by atoms with Gasteiger partial charge in [0.25, 0.3) is 0 Å². The molecule has 1 aromatic carbocycles. The van der Waals surface area contributed by atoms with E-state index in [-0.39, 0.29) is 12.1 Å². The molecule has 1 unspecified atom stereocenters. The number of hydrogen-bond acceptors (Lipinski definition) is 4. The van der Waals surface area contributed by atoms with E-state index in [1.54, 1.807) is 0 Å². The van der Waals surface area contributed by atoms with E-state index < -0.39 is 0 Å². The fourth-order valence-corrected chi connectivity index (χ4v) is 3.93. The van der Waals surface area contributed by atoms with Crippen LogP contribution in [0.5, 0.6) is 5.75 Å². The molecule has 27 heavy (non-hydrogen) atoms. The third-order valence-corrected chi connectivity index (χ3v) is 5.33. The highest BCUT2D eigenvalue weighted by molar-refractivity contribution is 5.78. The number of fused-ring (bicyclic) bond motifs is 1. The average molecular weight is 369 g/mol. The Morgan fingerprint density at radius 3 is 3.07 bits per heavy atom. The van der Waals surface area contributed by atoms with Crippen molar-refractivity contribution in [2.75, 3.05) is 19.8 Å². The molecule has 2 aliphatic rings. The number of nitrogens with two attached hydrogens (primary N) is 1. The van der Waals surface area contributed by atoms with Gasteiger partial charge in [-0.3, -0.25) is 9.67 Å². The Labute approximate surface area is 159 Å². The van der Waals surface area contributed by atoms with Crippen LogP contribution in [0.25, 0.3) is 0 Å². The number of ether oxygens (including phenoxy) is 2. The second kappa shape index (κ2) is 8.00. The summed E-state index contributed by atoms with van der Waals surface area (Å²) in [6.07, 6.45) is 3.72. The smallest absolute Gasteiger partial charge is 0.189 e. The van der Waals surface area contributed by atoms with Crippen LogP contribution in [0.3, 0.4) is 0 Å². The van der Waals surface area contributed by atoms with Gasteiger partial charge in [-0.05, 0) is 25.5 Å². The van der Waals surface area contributed by atoms with E-state index in [1.807, 2.05) is 35.1 Å². The molecule has 1 aromatic heterocycles. The van der Waals surface area contributed by atoms with Crippen LogP contribution < -0.4 is 15.8 Å². The minimum Gasteiger partial charge on any atom is -0.493 e. The second-order valence-corrected chi connectivity index (χ2v) is 7.01. The van der Waals surface area contributed by atoms with Crippen molar-refractivity contribution in [3.63, 3.8) is 0 Å². The maximum atomic E-state index is 6.20. The van der Waals surface area contributed by atoms with Gasteiger partial charge in [0.15, 0.2) is 5.96 Å². The van der Waals surface area contributed by atoms with Gasteiger partial charge in [0.2, 0.25) is 0 Å². The Balaban J connectivity index is 1.41. The zero-order valence-electron chi connectivity index (χ0n) is 15.7. The Bertz CT molecular complexity index is 803. The second-order valence-electron chi connectivity index (χ2n) is 7.01. The summed E-state index contributed by atoms with van der Waals surface area (Å²) in [5.74, 6) is 1.71. The topological polar surface area (TPSA) is 86.7 Å². The molecule has 4 rings (SSSR count). The number of guanidine groups is 1. The van der Waals surface area contributed by atoms with Gasteiger partial charge >= 0.3 is 0 Å². The van der Waals surface area contributed by atoms with Crippen LogP contribution in [-0.4, -0.2) is 35.5 Å². The van der Waals surface area contributed by atoms with E-state index in [4.69, 9.17) is 15.2 Å². The number of aliphatic imine (C=N–C) groups is 1. The zero-order valence-corrected chi connectivity index (χ0v) is 15.7. The van der Waals surface area contributed by atoms with Gasteiger partial charge in [0, 0.05) is 43.8 Å². The normalized spacial score (nSPS) is 25.1. The lowest BCUT2D eigenvalue weighted by molar-refractivity contribution is 0.0851. The summed E-state index contributed by atoms with van der Waals surface area (Å²) in [5, 5.41) is 7.72. The van der Waals surface area contributed by atoms with Crippen molar-refractivity contribution in [1.29, 1.82) is 0 Å². The third kappa shape index (κ3) is 3.78. The molecule has 0 aliphatic carbocycles. The number of aromatic nitrogens is 2. The lowest BCUT2D eigenvalue weighted by Crippen LogP contribution is -2.37. The van der Waals surface area contributed by atoms with Crippen LogP contribution in [0.4, 0.5) is 0 Å². The molecular formula is C20H27N5O2. The van der Waals surface area contributed by atoms with Gasteiger partial charge in [0.1, 0.15) is 11.9 Å². The monoisotopic (exact) mass is 369 g/mol. The summed E-state index contributed by atoms with van der Waals surface area (Å²) < 4.78 is 13.7. The van der Waals surface area contributed by atoms with Crippen LogP contribution in [0.15, 0.2) is 41.5 Å². The highest BCUT2D eigenvalue weighted by Gasteiger charge is 2.32. The highest BCUT2D eigenvalue weighted by atomic mass is 16.5. The summed E-state index contributed by atoms with van der Waals surface area (Å²) in [6.45, 7) is 5.00. The van der Waals surface area contributed by atoms with E-state index in [0.29, 0.717) is 25.0 Å². The van der Waals surface area contributed by atoms with Gasteiger partial charge in [-0.25, -0.2) is 0 Å². The van der Waals surface area contributed by atoms with Crippen molar-refractivity contribution in [2.24, 2.45) is 16.6 Å². The zero-order chi connectivity index (χ0) is 18.6. The Morgan fingerprint density at radius 2 is 2.19 bits per heavy atom. The number of nitrogens with zero attached hydrogens (tertiary/aromatic N) is 3. The molecule has 144 valence electrons. The standard InChI is InChI=1S/C20H27N5O2/c1-2-25-17(7-10-23-25)19-14(8-11-27-19)13-22-20(21)24-16-9-12-26-18-6-4-3-5-15(16)18/h3-7,10,14,16,19H,2,8-9,11-13H2,1H3,(H3,21,22,24)/t14-,16?,19+/m0/s1. The Hall–Kier alpha value is -2.54. The molecule has 7 heteroatoms. The van der Waals surface area contributed by atoms with Crippen LogP contribution in [0.1, 0.15) is 43.2 Å². The molecule has 1 fully saturated rings.